The van der Waals surface area contributed by atoms with Crippen LogP contribution in [-0.4, -0.2) is 41.0 Å². The lowest BCUT2D eigenvalue weighted by molar-refractivity contribution is -0.385. The maximum atomic E-state index is 11.7. The van der Waals surface area contributed by atoms with Crippen molar-refractivity contribution in [2.24, 2.45) is 0 Å². The first-order chi connectivity index (χ1) is 9.82. The predicted molar refractivity (Wildman–Crippen MR) is 74.6 cm³/mol. The molecule has 1 atom stereocenters. The van der Waals surface area contributed by atoms with Gasteiger partial charge in [0.05, 0.1) is 16.1 Å². The maximum Gasteiger partial charge on any atom is 0.336 e. The van der Waals surface area contributed by atoms with E-state index in [0.717, 1.165) is 6.07 Å². The highest BCUT2D eigenvalue weighted by Crippen LogP contribution is 2.32. The van der Waals surface area contributed by atoms with Crippen LogP contribution in [0.15, 0.2) is 12.1 Å². The molecular weight excluding hydrogens is 278 g/mol. The zero-order chi connectivity index (χ0) is 15.7. The monoisotopic (exact) mass is 293 g/mol. The van der Waals surface area contributed by atoms with Crippen LogP contribution in [0, 0.1) is 17.0 Å². The molecule has 1 aromatic rings. The van der Waals surface area contributed by atoms with Gasteiger partial charge in [0, 0.05) is 24.8 Å². The Labute approximate surface area is 120 Å². The predicted octanol–water partition coefficient (Wildman–Crippen LogP) is 0.926. The number of nitro groups is 1. The molecule has 1 fully saturated rings. The Hall–Kier alpha value is -2.64. The van der Waals surface area contributed by atoms with E-state index < -0.39 is 16.9 Å². The first kappa shape index (κ1) is 14.8. The van der Waals surface area contributed by atoms with Gasteiger partial charge in [0.2, 0.25) is 5.91 Å². The van der Waals surface area contributed by atoms with Gasteiger partial charge < -0.3 is 15.3 Å². The summed E-state index contributed by atoms with van der Waals surface area (Å²) in [4.78, 5) is 35.0. The Kier molecular flexibility index (Phi) is 3.79. The molecule has 0 bridgehead atoms. The normalized spacial score (nSPS) is 18.3. The van der Waals surface area contributed by atoms with Crippen molar-refractivity contribution >= 4 is 23.3 Å². The average molecular weight is 293 g/mol. The third-order valence-corrected chi connectivity index (χ3v) is 3.60. The molecule has 0 spiro atoms. The van der Waals surface area contributed by atoms with Gasteiger partial charge in [-0.25, -0.2) is 4.79 Å². The Balaban J connectivity index is 2.58. The highest BCUT2D eigenvalue weighted by atomic mass is 16.6. The Morgan fingerprint density at radius 3 is 2.76 bits per heavy atom. The number of hydrogen-bond donors (Lipinski definition) is 2. The fourth-order valence-electron chi connectivity index (χ4n) is 2.41. The molecular formula is C13H15N3O5. The van der Waals surface area contributed by atoms with Gasteiger partial charge in [-0.1, -0.05) is 0 Å². The van der Waals surface area contributed by atoms with Crippen molar-refractivity contribution < 1.29 is 19.6 Å². The van der Waals surface area contributed by atoms with E-state index in [2.05, 4.69) is 5.32 Å². The topological polar surface area (TPSA) is 113 Å². The molecule has 1 aromatic carbocycles. The van der Waals surface area contributed by atoms with E-state index in [1.807, 2.05) is 0 Å². The van der Waals surface area contributed by atoms with Crippen LogP contribution in [0.2, 0.25) is 0 Å². The van der Waals surface area contributed by atoms with E-state index >= 15 is 0 Å². The molecule has 1 aliphatic rings. The number of amides is 1. The van der Waals surface area contributed by atoms with Gasteiger partial charge in [-0.3, -0.25) is 14.9 Å². The minimum atomic E-state index is -1.24. The second kappa shape index (κ2) is 5.39. The SMILES string of the molecule is Cc1c(N2CCNC(=O)C2C)cc(C(=O)O)cc1[N+](=O)[O-]. The number of carboxylic acid groups (broad SMARTS) is 1. The summed E-state index contributed by atoms with van der Waals surface area (Å²) in [5.41, 5.74) is 0.332. The molecule has 112 valence electrons. The highest BCUT2D eigenvalue weighted by Gasteiger charge is 2.29. The smallest absolute Gasteiger partial charge is 0.336 e. The summed E-state index contributed by atoms with van der Waals surface area (Å²) in [7, 11) is 0. The number of rotatable bonds is 3. The molecule has 2 N–H and O–H groups in total. The number of carbonyl (C=O) groups is 2. The third kappa shape index (κ3) is 2.64. The minimum absolute atomic E-state index is 0.166. The summed E-state index contributed by atoms with van der Waals surface area (Å²) >= 11 is 0. The lowest BCUT2D eigenvalue weighted by Gasteiger charge is -2.35. The fourth-order valence-corrected chi connectivity index (χ4v) is 2.41. The van der Waals surface area contributed by atoms with E-state index in [1.165, 1.54) is 6.07 Å². The first-order valence-corrected chi connectivity index (χ1v) is 6.39. The second-order valence-electron chi connectivity index (χ2n) is 4.86. The molecule has 1 saturated heterocycles. The minimum Gasteiger partial charge on any atom is -0.478 e. The standard InChI is InChI=1S/C13H15N3O5/c1-7-10(15-4-3-14-12(17)8(15)2)5-9(13(18)19)6-11(7)16(20)21/h5-6,8H,3-4H2,1-2H3,(H,14,17)(H,18,19). The number of nitrogens with one attached hydrogen (secondary N) is 1. The van der Waals surface area contributed by atoms with Crippen LogP contribution < -0.4 is 10.2 Å². The number of piperazine rings is 1. The lowest BCUT2D eigenvalue weighted by Crippen LogP contribution is -2.54. The summed E-state index contributed by atoms with van der Waals surface area (Å²) in [6.45, 7) is 4.10. The number of nitrogens with zero attached hydrogens (tertiary/aromatic N) is 2. The first-order valence-electron chi connectivity index (χ1n) is 6.39. The van der Waals surface area contributed by atoms with E-state index in [9.17, 15) is 19.7 Å². The molecule has 1 amide bonds. The summed E-state index contributed by atoms with van der Waals surface area (Å²) in [5, 5.41) is 22.9. The van der Waals surface area contributed by atoms with Gasteiger partial charge in [0.25, 0.3) is 5.69 Å². The number of anilines is 1. The zero-order valence-electron chi connectivity index (χ0n) is 11.6. The van der Waals surface area contributed by atoms with Gasteiger partial charge in [-0.2, -0.15) is 0 Å². The van der Waals surface area contributed by atoms with E-state index in [1.54, 1.807) is 18.7 Å². The number of carbonyl (C=O) groups excluding carboxylic acids is 1. The van der Waals surface area contributed by atoms with Crippen LogP contribution in [-0.2, 0) is 4.79 Å². The van der Waals surface area contributed by atoms with Crippen LogP contribution in [0.1, 0.15) is 22.8 Å². The van der Waals surface area contributed by atoms with Crippen LogP contribution >= 0.6 is 0 Å². The van der Waals surface area contributed by atoms with Gasteiger partial charge in [-0.05, 0) is 19.9 Å². The largest absolute Gasteiger partial charge is 0.478 e. The van der Waals surface area contributed by atoms with Crippen LogP contribution in [0.5, 0.6) is 0 Å². The van der Waals surface area contributed by atoms with E-state index in [4.69, 9.17) is 5.11 Å². The van der Waals surface area contributed by atoms with Gasteiger partial charge in [0.15, 0.2) is 0 Å². The molecule has 0 saturated carbocycles. The Morgan fingerprint density at radius 2 is 2.19 bits per heavy atom. The maximum absolute atomic E-state index is 11.7. The summed E-state index contributed by atoms with van der Waals surface area (Å²) in [5.74, 6) is -1.43. The summed E-state index contributed by atoms with van der Waals surface area (Å²) < 4.78 is 0. The number of aromatic carboxylic acids is 1. The third-order valence-electron chi connectivity index (χ3n) is 3.60. The van der Waals surface area contributed by atoms with E-state index in [0.29, 0.717) is 24.3 Å². The quantitative estimate of drug-likeness (QED) is 0.633. The highest BCUT2D eigenvalue weighted by molar-refractivity contribution is 5.92. The van der Waals surface area contributed by atoms with Crippen molar-refractivity contribution in [2.45, 2.75) is 19.9 Å². The van der Waals surface area contributed by atoms with Gasteiger partial charge in [-0.15, -0.1) is 0 Å². The molecule has 1 aliphatic heterocycles. The van der Waals surface area contributed by atoms with Gasteiger partial charge >= 0.3 is 5.97 Å². The molecule has 8 heteroatoms. The van der Waals surface area contributed by atoms with Crippen molar-refractivity contribution in [2.75, 3.05) is 18.0 Å². The Morgan fingerprint density at radius 1 is 1.52 bits per heavy atom. The lowest BCUT2D eigenvalue weighted by atomic mass is 10.0. The van der Waals surface area contributed by atoms with Crippen molar-refractivity contribution in [1.82, 2.24) is 5.32 Å². The fraction of sp³-hybridized carbons (Fsp3) is 0.385. The molecule has 8 nitrogen and oxygen atoms in total. The molecule has 1 heterocycles. The summed E-state index contributed by atoms with van der Waals surface area (Å²) in [6, 6.07) is 1.90. The van der Waals surface area contributed by atoms with Crippen LogP contribution in [0.3, 0.4) is 0 Å². The van der Waals surface area contributed by atoms with Crippen LogP contribution in [0.4, 0.5) is 11.4 Å². The molecule has 0 aromatic heterocycles. The number of benzene rings is 1. The molecule has 0 radical (unpaired) electrons. The average Bonchev–Trinajstić information content (AvgIpc) is 2.42. The zero-order valence-corrected chi connectivity index (χ0v) is 11.6. The second-order valence-corrected chi connectivity index (χ2v) is 4.86. The Bertz CT molecular complexity index is 628. The van der Waals surface area contributed by atoms with Crippen molar-refractivity contribution in [1.29, 1.82) is 0 Å². The molecule has 1 unspecified atom stereocenters. The van der Waals surface area contributed by atoms with Crippen LogP contribution in [0.25, 0.3) is 0 Å². The number of nitro benzene ring substituents is 1. The van der Waals surface area contributed by atoms with E-state index in [-0.39, 0.29) is 17.2 Å². The molecule has 0 aliphatic carbocycles. The molecule has 21 heavy (non-hydrogen) atoms. The summed E-state index contributed by atoms with van der Waals surface area (Å²) in [6.07, 6.45) is 0. The number of hydrogen-bond acceptors (Lipinski definition) is 5. The van der Waals surface area contributed by atoms with Crippen molar-refractivity contribution in [3.63, 3.8) is 0 Å². The molecule has 2 rings (SSSR count). The van der Waals surface area contributed by atoms with Crippen molar-refractivity contribution in [3.8, 4) is 0 Å². The van der Waals surface area contributed by atoms with Gasteiger partial charge in [0.1, 0.15) is 6.04 Å². The van der Waals surface area contributed by atoms with Crippen molar-refractivity contribution in [3.05, 3.63) is 33.4 Å². The number of carboxylic acids is 1.